The molecule has 1 aromatic rings. The van der Waals surface area contributed by atoms with E-state index in [0.29, 0.717) is 31.1 Å². The highest BCUT2D eigenvalue weighted by Gasteiger charge is 2.34. The van der Waals surface area contributed by atoms with Crippen LogP contribution in [0.25, 0.3) is 0 Å². The van der Waals surface area contributed by atoms with E-state index in [1.54, 1.807) is 6.07 Å². The van der Waals surface area contributed by atoms with Crippen molar-refractivity contribution in [3.8, 4) is 5.75 Å². The summed E-state index contributed by atoms with van der Waals surface area (Å²) in [5.41, 5.74) is 5.13. The summed E-state index contributed by atoms with van der Waals surface area (Å²) >= 11 is 0. The van der Waals surface area contributed by atoms with E-state index in [1.165, 1.54) is 6.07 Å². The number of nitrogens with two attached hydrogens (primary N) is 1. The molecule has 2 rings (SSSR count). The van der Waals surface area contributed by atoms with E-state index in [9.17, 15) is 13.2 Å². The molecule has 20 heavy (non-hydrogen) atoms. The molecule has 1 aliphatic carbocycles. The summed E-state index contributed by atoms with van der Waals surface area (Å²) in [6, 6.07) is 4.01. The highest BCUT2D eigenvalue weighted by Crippen LogP contribution is 2.37. The minimum atomic E-state index is -4.45. The summed E-state index contributed by atoms with van der Waals surface area (Å²) in [5.74, 6) is 0.349. The Balaban J connectivity index is 2.01. The van der Waals surface area contributed by atoms with Crippen LogP contribution in [0.4, 0.5) is 13.2 Å². The second-order valence-electron chi connectivity index (χ2n) is 4.94. The minimum absolute atomic E-state index is 0.157. The smallest absolute Gasteiger partial charge is 0.419 e. The molecule has 1 aliphatic rings. The lowest BCUT2D eigenvalue weighted by molar-refractivity contribution is -0.139. The van der Waals surface area contributed by atoms with Crippen molar-refractivity contribution < 1.29 is 22.6 Å². The van der Waals surface area contributed by atoms with Gasteiger partial charge in [-0.15, -0.1) is 0 Å². The highest BCUT2D eigenvalue weighted by atomic mass is 19.4. The van der Waals surface area contributed by atoms with Gasteiger partial charge in [-0.05, 0) is 49.4 Å². The predicted molar refractivity (Wildman–Crippen MR) is 68.4 cm³/mol. The Labute approximate surface area is 115 Å². The molecule has 1 fully saturated rings. The van der Waals surface area contributed by atoms with Crippen LogP contribution in [0.3, 0.4) is 0 Å². The summed E-state index contributed by atoms with van der Waals surface area (Å²) in [4.78, 5) is 0. The van der Waals surface area contributed by atoms with Crippen LogP contribution in [-0.2, 0) is 17.3 Å². The van der Waals surface area contributed by atoms with Crippen LogP contribution in [0.1, 0.15) is 24.0 Å². The van der Waals surface area contributed by atoms with Gasteiger partial charge in [-0.3, -0.25) is 0 Å². The van der Waals surface area contributed by atoms with Gasteiger partial charge < -0.3 is 15.2 Å². The Kier molecular flexibility index (Phi) is 4.88. The van der Waals surface area contributed by atoms with Crippen molar-refractivity contribution in [1.29, 1.82) is 0 Å². The molecular weight excluding hydrogens is 271 g/mol. The van der Waals surface area contributed by atoms with E-state index in [4.69, 9.17) is 15.2 Å². The van der Waals surface area contributed by atoms with Gasteiger partial charge >= 0.3 is 6.18 Å². The molecular formula is C14H18F3NO2. The molecule has 1 saturated carbocycles. The summed E-state index contributed by atoms with van der Waals surface area (Å²) in [6.45, 7) is 0.699. The first-order valence-electron chi connectivity index (χ1n) is 6.61. The quantitative estimate of drug-likeness (QED) is 0.620. The lowest BCUT2D eigenvalue weighted by Gasteiger charge is -2.15. The zero-order valence-corrected chi connectivity index (χ0v) is 11.1. The Hall–Kier alpha value is -1.27. The molecule has 0 aromatic heterocycles. The number of hydrogen-bond donors (Lipinski definition) is 1. The molecule has 0 radical (unpaired) electrons. The maximum atomic E-state index is 13.0. The number of rotatable bonds is 7. The van der Waals surface area contributed by atoms with Gasteiger partial charge in [0, 0.05) is 0 Å². The highest BCUT2D eigenvalue weighted by molar-refractivity contribution is 5.39. The summed E-state index contributed by atoms with van der Waals surface area (Å²) < 4.78 is 49.2. The molecule has 112 valence electrons. The zero-order valence-electron chi connectivity index (χ0n) is 11.1. The average molecular weight is 289 g/mol. The van der Waals surface area contributed by atoms with Crippen molar-refractivity contribution in [1.82, 2.24) is 0 Å². The molecule has 0 bridgehead atoms. The maximum Gasteiger partial charge on any atom is 0.419 e. The number of ether oxygens (including phenoxy) is 2. The van der Waals surface area contributed by atoms with Crippen LogP contribution in [-0.4, -0.2) is 19.9 Å². The van der Waals surface area contributed by atoms with E-state index in [-0.39, 0.29) is 12.5 Å². The molecule has 6 heteroatoms. The van der Waals surface area contributed by atoms with Crippen molar-refractivity contribution in [3.05, 3.63) is 29.3 Å². The van der Waals surface area contributed by atoms with Gasteiger partial charge in [0.05, 0.1) is 12.2 Å². The first kappa shape index (κ1) is 15.1. The number of halogens is 3. The van der Waals surface area contributed by atoms with E-state index in [0.717, 1.165) is 18.9 Å². The Bertz CT molecular complexity index is 445. The van der Waals surface area contributed by atoms with Gasteiger partial charge in [0.15, 0.2) is 6.79 Å². The van der Waals surface area contributed by atoms with E-state index in [2.05, 4.69) is 0 Å². The van der Waals surface area contributed by atoms with E-state index >= 15 is 0 Å². The van der Waals surface area contributed by atoms with Crippen molar-refractivity contribution in [3.63, 3.8) is 0 Å². The fourth-order valence-corrected chi connectivity index (χ4v) is 1.85. The van der Waals surface area contributed by atoms with Gasteiger partial charge in [-0.25, -0.2) is 0 Å². The SMILES string of the molecule is NCCc1ccc(OCOCC2CC2)c(C(F)(F)F)c1. The average Bonchev–Trinajstić information content (AvgIpc) is 3.19. The van der Waals surface area contributed by atoms with Gasteiger partial charge in [0.2, 0.25) is 0 Å². The maximum absolute atomic E-state index is 13.0. The van der Waals surface area contributed by atoms with E-state index < -0.39 is 11.7 Å². The normalized spacial score (nSPS) is 15.4. The third-order valence-corrected chi connectivity index (χ3v) is 3.13. The molecule has 0 atom stereocenters. The fourth-order valence-electron chi connectivity index (χ4n) is 1.85. The van der Waals surface area contributed by atoms with Gasteiger partial charge in [-0.2, -0.15) is 13.2 Å². The first-order valence-corrected chi connectivity index (χ1v) is 6.61. The molecule has 0 amide bonds. The molecule has 0 saturated heterocycles. The zero-order chi connectivity index (χ0) is 14.6. The summed E-state index contributed by atoms with van der Waals surface area (Å²) in [5, 5.41) is 0. The molecule has 0 heterocycles. The van der Waals surface area contributed by atoms with Crippen molar-refractivity contribution >= 4 is 0 Å². The standard InChI is InChI=1S/C14H18F3NO2/c15-14(16,17)12-7-10(5-6-18)3-4-13(12)20-9-19-8-11-1-2-11/h3-4,7,11H,1-2,5-6,8-9,18H2. The third-order valence-electron chi connectivity index (χ3n) is 3.13. The molecule has 0 aliphatic heterocycles. The van der Waals surface area contributed by atoms with Crippen molar-refractivity contribution in [2.24, 2.45) is 11.7 Å². The molecule has 0 spiro atoms. The third kappa shape index (κ3) is 4.38. The van der Waals surface area contributed by atoms with Gasteiger partial charge in [0.1, 0.15) is 5.75 Å². The lowest BCUT2D eigenvalue weighted by atomic mass is 10.1. The molecule has 3 nitrogen and oxygen atoms in total. The van der Waals surface area contributed by atoms with Crippen LogP contribution in [0.2, 0.25) is 0 Å². The molecule has 2 N–H and O–H groups in total. The van der Waals surface area contributed by atoms with Crippen LogP contribution in [0, 0.1) is 5.92 Å². The lowest BCUT2D eigenvalue weighted by Crippen LogP contribution is -2.13. The number of benzene rings is 1. The largest absolute Gasteiger partial charge is 0.467 e. The Morgan fingerprint density at radius 3 is 2.60 bits per heavy atom. The van der Waals surface area contributed by atoms with Crippen molar-refractivity contribution in [2.75, 3.05) is 19.9 Å². The Morgan fingerprint density at radius 1 is 1.25 bits per heavy atom. The number of alkyl halides is 3. The van der Waals surface area contributed by atoms with Gasteiger partial charge in [-0.1, -0.05) is 6.07 Å². The molecule has 1 aromatic carbocycles. The fraction of sp³-hybridized carbons (Fsp3) is 0.571. The Morgan fingerprint density at radius 2 is 2.00 bits per heavy atom. The second-order valence-corrected chi connectivity index (χ2v) is 4.94. The van der Waals surface area contributed by atoms with Gasteiger partial charge in [0.25, 0.3) is 0 Å². The minimum Gasteiger partial charge on any atom is -0.467 e. The van der Waals surface area contributed by atoms with Crippen LogP contribution >= 0.6 is 0 Å². The first-order chi connectivity index (χ1) is 9.50. The summed E-state index contributed by atoms with van der Waals surface area (Å²) in [7, 11) is 0. The molecule has 0 unspecified atom stereocenters. The summed E-state index contributed by atoms with van der Waals surface area (Å²) in [6.07, 6.45) is -1.79. The topological polar surface area (TPSA) is 44.5 Å². The predicted octanol–water partition coefficient (Wildman–Crippen LogP) is 2.97. The van der Waals surface area contributed by atoms with Crippen LogP contribution in [0.5, 0.6) is 5.75 Å². The van der Waals surface area contributed by atoms with E-state index in [1.807, 2.05) is 0 Å². The number of hydrogen-bond acceptors (Lipinski definition) is 3. The second kappa shape index (κ2) is 6.45. The van der Waals surface area contributed by atoms with Crippen LogP contribution in [0.15, 0.2) is 18.2 Å². The van der Waals surface area contributed by atoms with Crippen molar-refractivity contribution in [2.45, 2.75) is 25.4 Å². The van der Waals surface area contributed by atoms with Crippen LogP contribution < -0.4 is 10.5 Å². The monoisotopic (exact) mass is 289 g/mol.